The first-order valence-electron chi connectivity index (χ1n) is 7.28. The van der Waals surface area contributed by atoms with Crippen molar-refractivity contribution in [2.45, 2.75) is 52.1 Å². The molecule has 0 unspecified atom stereocenters. The molecular weight excluding hydrogens is 252 g/mol. The van der Waals surface area contributed by atoms with Gasteiger partial charge in [-0.15, -0.1) is 0 Å². The number of hydrogen-bond acceptors (Lipinski definition) is 2. The molecule has 1 aliphatic rings. The van der Waals surface area contributed by atoms with E-state index in [1.807, 2.05) is 19.9 Å². The average Bonchev–Trinajstić information content (AvgIpc) is 2.92. The van der Waals surface area contributed by atoms with Crippen molar-refractivity contribution in [3.8, 4) is 5.75 Å². The van der Waals surface area contributed by atoms with Crippen LogP contribution < -0.4 is 15.4 Å². The Balaban J connectivity index is 1.89. The van der Waals surface area contributed by atoms with Crippen LogP contribution in [0.5, 0.6) is 5.75 Å². The second-order valence-electron chi connectivity index (χ2n) is 5.56. The summed E-state index contributed by atoms with van der Waals surface area (Å²) >= 11 is 0. The summed E-state index contributed by atoms with van der Waals surface area (Å²) in [7, 11) is 1.68. The average molecular weight is 276 g/mol. The molecule has 1 saturated carbocycles. The lowest BCUT2D eigenvalue weighted by molar-refractivity contribution is 0.236. The highest BCUT2D eigenvalue weighted by Crippen LogP contribution is 2.22. The molecule has 2 rings (SSSR count). The predicted molar refractivity (Wildman–Crippen MR) is 80.1 cm³/mol. The molecule has 0 atom stereocenters. The number of nitrogens with one attached hydrogen (secondary N) is 2. The van der Waals surface area contributed by atoms with Gasteiger partial charge in [-0.3, -0.25) is 0 Å². The van der Waals surface area contributed by atoms with Gasteiger partial charge in [0.2, 0.25) is 0 Å². The smallest absolute Gasteiger partial charge is 0.315 e. The van der Waals surface area contributed by atoms with Gasteiger partial charge in [-0.2, -0.15) is 0 Å². The van der Waals surface area contributed by atoms with E-state index in [0.717, 1.165) is 35.3 Å². The lowest BCUT2D eigenvalue weighted by atomic mass is 10.0. The Bertz CT molecular complexity index is 480. The molecule has 1 aromatic carbocycles. The van der Waals surface area contributed by atoms with E-state index in [2.05, 4.69) is 16.7 Å². The van der Waals surface area contributed by atoms with Crippen molar-refractivity contribution in [2.75, 3.05) is 7.11 Å². The first-order valence-corrected chi connectivity index (χ1v) is 7.28. The number of amides is 2. The van der Waals surface area contributed by atoms with Crippen molar-refractivity contribution >= 4 is 6.03 Å². The molecule has 4 nitrogen and oxygen atoms in total. The number of methoxy groups -OCH3 is 1. The van der Waals surface area contributed by atoms with E-state index < -0.39 is 0 Å². The molecule has 0 spiro atoms. The SMILES string of the molecule is COc1cc(C)c(CNC(=O)NC2CCCC2)cc1C. The molecule has 4 heteroatoms. The number of hydrogen-bond donors (Lipinski definition) is 2. The van der Waals surface area contributed by atoms with Gasteiger partial charge >= 0.3 is 6.03 Å². The van der Waals surface area contributed by atoms with Crippen molar-refractivity contribution in [3.63, 3.8) is 0 Å². The summed E-state index contributed by atoms with van der Waals surface area (Å²) in [6.07, 6.45) is 4.66. The van der Waals surface area contributed by atoms with E-state index >= 15 is 0 Å². The number of ether oxygens (including phenoxy) is 1. The largest absolute Gasteiger partial charge is 0.496 e. The third-order valence-corrected chi connectivity index (χ3v) is 3.98. The van der Waals surface area contributed by atoms with Gasteiger partial charge in [0.15, 0.2) is 0 Å². The van der Waals surface area contributed by atoms with E-state index in [1.54, 1.807) is 7.11 Å². The molecule has 0 heterocycles. The quantitative estimate of drug-likeness (QED) is 0.888. The number of carbonyl (C=O) groups is 1. The fourth-order valence-electron chi connectivity index (χ4n) is 2.74. The summed E-state index contributed by atoms with van der Waals surface area (Å²) in [5.74, 6) is 0.890. The van der Waals surface area contributed by atoms with Crippen LogP contribution in [-0.4, -0.2) is 19.2 Å². The van der Waals surface area contributed by atoms with Gasteiger partial charge in [0, 0.05) is 12.6 Å². The first kappa shape index (κ1) is 14.7. The highest BCUT2D eigenvalue weighted by atomic mass is 16.5. The Morgan fingerprint density at radius 1 is 1.25 bits per heavy atom. The van der Waals surface area contributed by atoms with E-state index in [-0.39, 0.29) is 6.03 Å². The third kappa shape index (κ3) is 3.65. The lowest BCUT2D eigenvalue weighted by Gasteiger charge is -2.15. The normalized spacial score (nSPS) is 15.2. The van der Waals surface area contributed by atoms with Crippen LogP contribution in [0.4, 0.5) is 4.79 Å². The fraction of sp³-hybridized carbons (Fsp3) is 0.562. The Hall–Kier alpha value is -1.71. The molecule has 0 aliphatic heterocycles. The zero-order valence-electron chi connectivity index (χ0n) is 12.6. The van der Waals surface area contributed by atoms with Crippen molar-refractivity contribution < 1.29 is 9.53 Å². The second-order valence-corrected chi connectivity index (χ2v) is 5.56. The number of benzene rings is 1. The van der Waals surface area contributed by atoms with Crippen molar-refractivity contribution in [1.82, 2.24) is 10.6 Å². The van der Waals surface area contributed by atoms with Crippen molar-refractivity contribution in [1.29, 1.82) is 0 Å². The van der Waals surface area contributed by atoms with Crippen molar-refractivity contribution in [3.05, 3.63) is 28.8 Å². The summed E-state index contributed by atoms with van der Waals surface area (Å²) in [5, 5.41) is 5.97. The summed E-state index contributed by atoms with van der Waals surface area (Å²) in [6.45, 7) is 4.60. The second kappa shape index (κ2) is 6.64. The molecule has 20 heavy (non-hydrogen) atoms. The van der Waals surface area contributed by atoms with Gasteiger partial charge in [0.05, 0.1) is 7.11 Å². The van der Waals surface area contributed by atoms with Crippen LogP contribution in [0.15, 0.2) is 12.1 Å². The minimum Gasteiger partial charge on any atom is -0.496 e. The molecule has 0 bridgehead atoms. The monoisotopic (exact) mass is 276 g/mol. The van der Waals surface area contributed by atoms with Crippen LogP contribution in [0.25, 0.3) is 0 Å². The number of rotatable bonds is 4. The molecule has 1 aromatic rings. The van der Waals surface area contributed by atoms with Crippen LogP contribution in [0.2, 0.25) is 0 Å². The summed E-state index contributed by atoms with van der Waals surface area (Å²) in [4.78, 5) is 11.8. The molecule has 0 saturated heterocycles. The predicted octanol–water partition coefficient (Wildman–Crippen LogP) is 3.05. The van der Waals surface area contributed by atoms with Crippen LogP contribution in [-0.2, 0) is 6.54 Å². The number of urea groups is 1. The zero-order chi connectivity index (χ0) is 14.5. The van der Waals surface area contributed by atoms with E-state index in [1.165, 1.54) is 12.8 Å². The maximum Gasteiger partial charge on any atom is 0.315 e. The molecule has 0 aromatic heterocycles. The molecule has 2 N–H and O–H groups in total. The maximum atomic E-state index is 11.8. The first-order chi connectivity index (χ1) is 9.60. The molecular formula is C16H24N2O2. The van der Waals surface area contributed by atoms with Crippen LogP contribution in [0.3, 0.4) is 0 Å². The summed E-state index contributed by atoms with van der Waals surface area (Å²) in [6, 6.07) is 4.38. The molecule has 2 amide bonds. The van der Waals surface area contributed by atoms with Crippen molar-refractivity contribution in [2.24, 2.45) is 0 Å². The van der Waals surface area contributed by atoms with Gasteiger partial charge in [-0.1, -0.05) is 18.9 Å². The Labute approximate surface area is 120 Å². The minimum atomic E-state index is -0.0650. The Kier molecular flexibility index (Phi) is 4.88. The van der Waals surface area contributed by atoms with Crippen LogP contribution in [0, 0.1) is 13.8 Å². The van der Waals surface area contributed by atoms with E-state index in [4.69, 9.17) is 4.74 Å². The van der Waals surface area contributed by atoms with Gasteiger partial charge in [0.1, 0.15) is 5.75 Å². The minimum absolute atomic E-state index is 0.0650. The molecule has 0 radical (unpaired) electrons. The standard InChI is InChI=1S/C16H24N2O2/c1-11-9-15(20-3)12(2)8-13(11)10-17-16(19)18-14-6-4-5-7-14/h8-9,14H,4-7,10H2,1-3H3,(H2,17,18,19). The topological polar surface area (TPSA) is 50.4 Å². The number of carbonyl (C=O) groups excluding carboxylic acids is 1. The lowest BCUT2D eigenvalue weighted by Crippen LogP contribution is -2.40. The Morgan fingerprint density at radius 3 is 2.60 bits per heavy atom. The highest BCUT2D eigenvalue weighted by Gasteiger charge is 2.16. The van der Waals surface area contributed by atoms with E-state index in [0.29, 0.717) is 12.6 Å². The van der Waals surface area contributed by atoms with Gasteiger partial charge in [-0.05, 0) is 49.4 Å². The zero-order valence-corrected chi connectivity index (χ0v) is 12.6. The number of aryl methyl sites for hydroxylation is 2. The van der Waals surface area contributed by atoms with Crippen LogP contribution >= 0.6 is 0 Å². The van der Waals surface area contributed by atoms with Gasteiger partial charge in [-0.25, -0.2) is 4.79 Å². The molecule has 110 valence electrons. The maximum absolute atomic E-state index is 11.8. The third-order valence-electron chi connectivity index (χ3n) is 3.98. The summed E-state index contributed by atoms with van der Waals surface area (Å²) in [5.41, 5.74) is 3.35. The molecule has 1 aliphatic carbocycles. The molecule has 1 fully saturated rings. The van der Waals surface area contributed by atoms with E-state index in [9.17, 15) is 4.79 Å². The fourth-order valence-corrected chi connectivity index (χ4v) is 2.74. The summed E-state index contributed by atoms with van der Waals surface area (Å²) < 4.78 is 5.30. The van der Waals surface area contributed by atoms with Gasteiger partial charge < -0.3 is 15.4 Å². The van der Waals surface area contributed by atoms with Crippen LogP contribution in [0.1, 0.15) is 42.4 Å². The highest BCUT2D eigenvalue weighted by molar-refractivity contribution is 5.74. The Morgan fingerprint density at radius 2 is 1.95 bits per heavy atom. The van der Waals surface area contributed by atoms with Gasteiger partial charge in [0.25, 0.3) is 0 Å².